The first kappa shape index (κ1) is 14.5. The van der Waals surface area contributed by atoms with Crippen molar-refractivity contribution in [3.8, 4) is 11.5 Å². The van der Waals surface area contributed by atoms with Gasteiger partial charge in [0.25, 0.3) is 5.78 Å². The van der Waals surface area contributed by atoms with Crippen LogP contribution < -0.4 is 4.74 Å². The highest BCUT2D eigenvalue weighted by Gasteiger charge is 2.26. The van der Waals surface area contributed by atoms with Gasteiger partial charge in [-0.25, -0.2) is 4.79 Å². The lowest BCUT2D eigenvalue weighted by Gasteiger charge is -2.12. The van der Waals surface area contributed by atoms with E-state index in [4.69, 9.17) is 4.74 Å². The second-order valence-electron chi connectivity index (χ2n) is 3.46. The average Bonchev–Trinajstić information content (AvgIpc) is 2.34. The zero-order valence-electron chi connectivity index (χ0n) is 10.2. The van der Waals surface area contributed by atoms with Crippen molar-refractivity contribution in [1.82, 2.24) is 0 Å². The fourth-order valence-electron chi connectivity index (χ4n) is 1.44. The number of benzene rings is 1. The van der Waals surface area contributed by atoms with Gasteiger partial charge in [0.2, 0.25) is 0 Å². The Labute approximate surface area is 113 Å². The number of rotatable bonds is 4. The van der Waals surface area contributed by atoms with Crippen LogP contribution in [0.25, 0.3) is 0 Å². The Morgan fingerprint density at radius 3 is 2.56 bits per heavy atom. The molecule has 0 heterocycles. The molecule has 0 unspecified atom stereocenters. The summed E-state index contributed by atoms with van der Waals surface area (Å²) in [6, 6.07) is 1.52. The largest absolute Gasteiger partial charge is 0.504 e. The molecular formula is C12H13BrO5. The molecule has 1 aromatic rings. The van der Waals surface area contributed by atoms with E-state index in [-0.39, 0.29) is 23.7 Å². The lowest BCUT2D eigenvalue weighted by Crippen LogP contribution is -2.19. The number of carbonyl (C=O) groups excluding carboxylic acids is 2. The number of ether oxygens (including phenoxy) is 2. The Kier molecular flexibility index (Phi) is 4.72. The van der Waals surface area contributed by atoms with Gasteiger partial charge in [-0.15, -0.1) is 0 Å². The molecule has 6 heteroatoms. The van der Waals surface area contributed by atoms with E-state index in [0.717, 1.165) is 0 Å². The summed E-state index contributed by atoms with van der Waals surface area (Å²) < 4.78 is 10.1. The summed E-state index contributed by atoms with van der Waals surface area (Å²) in [5.41, 5.74) is 0.339. The van der Waals surface area contributed by atoms with Crippen LogP contribution in [-0.2, 0) is 9.53 Å². The fourth-order valence-corrected chi connectivity index (χ4v) is 1.85. The van der Waals surface area contributed by atoms with Crippen molar-refractivity contribution in [3.05, 3.63) is 21.7 Å². The molecule has 0 aliphatic rings. The van der Waals surface area contributed by atoms with Crippen molar-refractivity contribution < 1.29 is 24.2 Å². The zero-order chi connectivity index (χ0) is 13.9. The standard InChI is InChI=1S/C12H13BrO5/c1-4-18-12(16)11(15)9-6(2)7(13)5-8(17-3)10(9)14/h5,14H,4H2,1-3H3. The molecule has 98 valence electrons. The van der Waals surface area contributed by atoms with Gasteiger partial charge in [-0.2, -0.15) is 0 Å². The van der Waals surface area contributed by atoms with Gasteiger partial charge < -0.3 is 14.6 Å². The molecule has 0 saturated carbocycles. The number of phenols is 1. The first-order chi connectivity index (χ1) is 8.43. The summed E-state index contributed by atoms with van der Waals surface area (Å²) >= 11 is 3.23. The molecule has 5 nitrogen and oxygen atoms in total. The SMILES string of the molecule is CCOC(=O)C(=O)c1c(C)c(Br)cc(OC)c1O. The summed E-state index contributed by atoms with van der Waals surface area (Å²) in [6.07, 6.45) is 0. The maximum Gasteiger partial charge on any atom is 0.379 e. The normalized spacial score (nSPS) is 10.0. The molecule has 1 N–H and O–H groups in total. The van der Waals surface area contributed by atoms with E-state index in [1.165, 1.54) is 13.2 Å². The van der Waals surface area contributed by atoms with Crippen molar-refractivity contribution in [1.29, 1.82) is 0 Å². The first-order valence-electron chi connectivity index (χ1n) is 5.21. The number of ketones is 1. The number of esters is 1. The Bertz CT molecular complexity index is 496. The van der Waals surface area contributed by atoms with Crippen molar-refractivity contribution in [2.24, 2.45) is 0 Å². The predicted molar refractivity (Wildman–Crippen MR) is 68.1 cm³/mol. The van der Waals surface area contributed by atoms with Crippen LogP contribution in [0.2, 0.25) is 0 Å². The molecule has 0 aliphatic heterocycles. The minimum atomic E-state index is -1.00. The highest BCUT2D eigenvalue weighted by molar-refractivity contribution is 9.10. The molecule has 0 fully saturated rings. The molecule has 18 heavy (non-hydrogen) atoms. The van der Waals surface area contributed by atoms with Crippen LogP contribution in [-0.4, -0.2) is 30.6 Å². The predicted octanol–water partition coefficient (Wildman–Crippen LogP) is 2.22. The second-order valence-corrected chi connectivity index (χ2v) is 4.31. The number of hydrogen-bond acceptors (Lipinski definition) is 5. The Hall–Kier alpha value is -1.56. The number of hydrogen-bond donors (Lipinski definition) is 1. The summed E-state index contributed by atoms with van der Waals surface area (Å²) in [4.78, 5) is 23.3. The Morgan fingerprint density at radius 1 is 1.44 bits per heavy atom. The number of methoxy groups -OCH3 is 1. The van der Waals surface area contributed by atoms with Crippen molar-refractivity contribution >= 4 is 27.7 Å². The zero-order valence-corrected chi connectivity index (χ0v) is 11.8. The number of Topliss-reactive ketones (excluding diaryl/α,β-unsaturated/α-hetero) is 1. The number of aromatic hydroxyl groups is 1. The van der Waals surface area contributed by atoms with Gasteiger partial charge in [0.05, 0.1) is 19.3 Å². The van der Waals surface area contributed by atoms with E-state index in [1.807, 2.05) is 0 Å². The number of phenolic OH excluding ortho intramolecular Hbond substituents is 1. The lowest BCUT2D eigenvalue weighted by molar-refractivity contribution is -0.137. The molecule has 0 amide bonds. The van der Waals surface area contributed by atoms with Gasteiger partial charge in [-0.05, 0) is 25.5 Å². The van der Waals surface area contributed by atoms with Crippen LogP contribution in [0.15, 0.2) is 10.5 Å². The van der Waals surface area contributed by atoms with Crippen LogP contribution in [0.4, 0.5) is 0 Å². The highest BCUT2D eigenvalue weighted by Crippen LogP contribution is 2.37. The maximum absolute atomic E-state index is 11.9. The fraction of sp³-hybridized carbons (Fsp3) is 0.333. The van der Waals surface area contributed by atoms with Crippen LogP contribution in [0.3, 0.4) is 0 Å². The summed E-state index contributed by atoms with van der Waals surface area (Å²) in [5.74, 6) is -2.15. The third kappa shape index (κ3) is 2.64. The molecule has 0 bridgehead atoms. The van der Waals surface area contributed by atoms with E-state index >= 15 is 0 Å². The van der Waals surface area contributed by atoms with E-state index in [0.29, 0.717) is 10.0 Å². The van der Waals surface area contributed by atoms with E-state index in [2.05, 4.69) is 20.7 Å². The van der Waals surface area contributed by atoms with Gasteiger partial charge in [0, 0.05) is 4.47 Å². The number of carbonyl (C=O) groups is 2. The second kappa shape index (κ2) is 5.86. The summed E-state index contributed by atoms with van der Waals surface area (Å²) in [5, 5.41) is 9.91. The molecule has 0 atom stereocenters. The maximum atomic E-state index is 11.9. The van der Waals surface area contributed by atoms with Gasteiger partial charge in [0.1, 0.15) is 0 Å². The van der Waals surface area contributed by atoms with Gasteiger partial charge in [-0.1, -0.05) is 15.9 Å². The van der Waals surface area contributed by atoms with E-state index in [9.17, 15) is 14.7 Å². The monoisotopic (exact) mass is 316 g/mol. The van der Waals surface area contributed by atoms with Crippen LogP contribution in [0.1, 0.15) is 22.8 Å². The molecule has 0 radical (unpaired) electrons. The number of halogens is 1. The van der Waals surface area contributed by atoms with Crippen LogP contribution >= 0.6 is 15.9 Å². The minimum Gasteiger partial charge on any atom is -0.504 e. The molecule has 1 rings (SSSR count). The van der Waals surface area contributed by atoms with Crippen molar-refractivity contribution in [2.45, 2.75) is 13.8 Å². The molecule has 0 saturated heterocycles. The lowest BCUT2D eigenvalue weighted by atomic mass is 10.0. The third-order valence-corrected chi connectivity index (χ3v) is 3.19. The Balaban J connectivity index is 3.35. The van der Waals surface area contributed by atoms with Gasteiger partial charge in [0.15, 0.2) is 11.5 Å². The molecule has 0 aromatic heterocycles. The first-order valence-corrected chi connectivity index (χ1v) is 6.00. The van der Waals surface area contributed by atoms with E-state index in [1.54, 1.807) is 13.8 Å². The molecule has 1 aromatic carbocycles. The molecule has 0 aliphatic carbocycles. The smallest absolute Gasteiger partial charge is 0.379 e. The topological polar surface area (TPSA) is 72.8 Å². The van der Waals surface area contributed by atoms with Crippen LogP contribution in [0, 0.1) is 6.92 Å². The van der Waals surface area contributed by atoms with Gasteiger partial charge >= 0.3 is 5.97 Å². The quantitative estimate of drug-likeness (QED) is 0.524. The average molecular weight is 317 g/mol. The highest BCUT2D eigenvalue weighted by atomic mass is 79.9. The van der Waals surface area contributed by atoms with E-state index < -0.39 is 11.8 Å². The van der Waals surface area contributed by atoms with Gasteiger partial charge in [-0.3, -0.25) is 4.79 Å². The third-order valence-electron chi connectivity index (χ3n) is 2.37. The summed E-state index contributed by atoms with van der Waals surface area (Å²) in [6.45, 7) is 3.30. The molecule has 0 spiro atoms. The summed E-state index contributed by atoms with van der Waals surface area (Å²) in [7, 11) is 1.36. The van der Waals surface area contributed by atoms with Crippen LogP contribution in [0.5, 0.6) is 11.5 Å². The Morgan fingerprint density at radius 2 is 2.06 bits per heavy atom. The van der Waals surface area contributed by atoms with Crippen molar-refractivity contribution in [2.75, 3.05) is 13.7 Å². The minimum absolute atomic E-state index is 0.0928. The van der Waals surface area contributed by atoms with Crippen molar-refractivity contribution in [3.63, 3.8) is 0 Å². The molecular weight excluding hydrogens is 304 g/mol.